The van der Waals surface area contributed by atoms with Crippen LogP contribution in [0, 0.1) is 6.92 Å². The maximum atomic E-state index is 13.4. The Kier molecular flexibility index (Phi) is 6.52. The van der Waals surface area contributed by atoms with Gasteiger partial charge in [-0.25, -0.2) is 9.79 Å². The third kappa shape index (κ3) is 4.41. The quantitative estimate of drug-likeness (QED) is 0.549. The van der Waals surface area contributed by atoms with Gasteiger partial charge < -0.3 is 14.5 Å². The van der Waals surface area contributed by atoms with E-state index in [-0.39, 0.29) is 24.3 Å². The van der Waals surface area contributed by atoms with Crippen LogP contribution >= 0.6 is 11.8 Å². The number of amides is 1. The number of hydrogen-bond acceptors (Lipinski definition) is 6. The second-order valence-corrected chi connectivity index (χ2v) is 9.86. The lowest BCUT2D eigenvalue weighted by atomic mass is 9.92. The first kappa shape index (κ1) is 23.4. The minimum Gasteiger partial charge on any atom is -0.466 e. The maximum absolute atomic E-state index is 13.4. The zero-order valence-corrected chi connectivity index (χ0v) is 21.1. The number of carbonyl (C=O) groups excluding carboxylic acids is 2. The van der Waals surface area contributed by atoms with Crippen LogP contribution in [-0.2, 0) is 27.3 Å². The van der Waals surface area contributed by atoms with Gasteiger partial charge in [0.25, 0.3) is 0 Å². The number of carbonyl (C=O) groups is 2. The zero-order valence-electron chi connectivity index (χ0n) is 20.3. The normalized spacial score (nSPS) is 19.1. The van der Waals surface area contributed by atoms with Gasteiger partial charge in [0.2, 0.25) is 5.91 Å². The Morgan fingerprint density at radius 1 is 1.14 bits per heavy atom. The molecule has 180 valence electrons. The molecule has 0 radical (unpaired) electrons. The summed E-state index contributed by atoms with van der Waals surface area (Å²) in [6.07, 6.45) is 1.74. The lowest BCUT2D eigenvalue weighted by Crippen LogP contribution is -2.40. The van der Waals surface area contributed by atoms with E-state index in [1.165, 1.54) is 30.0 Å². The van der Waals surface area contributed by atoms with Crippen molar-refractivity contribution in [1.29, 1.82) is 0 Å². The molecule has 1 amide bonds. The zero-order chi connectivity index (χ0) is 24.5. The van der Waals surface area contributed by atoms with Crippen molar-refractivity contribution in [3.63, 3.8) is 0 Å². The Balaban J connectivity index is 1.47. The molecule has 0 saturated heterocycles. The molecule has 0 spiro atoms. The molecule has 0 fully saturated rings. The second-order valence-electron chi connectivity index (χ2n) is 9.02. The van der Waals surface area contributed by atoms with Crippen molar-refractivity contribution in [2.75, 3.05) is 13.7 Å². The third-order valence-electron chi connectivity index (χ3n) is 6.80. The molecule has 3 aliphatic rings. The molecule has 2 aromatic carbocycles. The molecule has 2 aromatic rings. The summed E-state index contributed by atoms with van der Waals surface area (Å²) in [7, 11) is 1.41. The van der Waals surface area contributed by atoms with E-state index in [0.29, 0.717) is 25.1 Å². The molecule has 0 aromatic heterocycles. The molecule has 3 aliphatic heterocycles. The number of amidine groups is 1. The number of aryl methyl sites for hydroxylation is 1. The molecule has 1 atom stereocenters. The van der Waals surface area contributed by atoms with Gasteiger partial charge >= 0.3 is 5.97 Å². The van der Waals surface area contributed by atoms with Crippen molar-refractivity contribution in [3.8, 4) is 0 Å². The van der Waals surface area contributed by atoms with Crippen LogP contribution in [0.4, 0.5) is 0 Å². The molecule has 0 saturated carbocycles. The summed E-state index contributed by atoms with van der Waals surface area (Å²) in [4.78, 5) is 35.3. The minimum atomic E-state index is -0.388. The van der Waals surface area contributed by atoms with E-state index in [0.717, 1.165) is 34.1 Å². The highest BCUT2D eigenvalue weighted by Gasteiger charge is 2.41. The van der Waals surface area contributed by atoms with E-state index in [1.807, 2.05) is 48.4 Å². The number of thioether (sulfide) groups is 1. The lowest BCUT2D eigenvalue weighted by Gasteiger charge is -2.37. The van der Waals surface area contributed by atoms with Crippen LogP contribution in [0.3, 0.4) is 0 Å². The van der Waals surface area contributed by atoms with Gasteiger partial charge in [-0.2, -0.15) is 0 Å². The Morgan fingerprint density at radius 2 is 1.94 bits per heavy atom. The predicted molar refractivity (Wildman–Crippen MR) is 138 cm³/mol. The van der Waals surface area contributed by atoms with E-state index in [2.05, 4.69) is 29.2 Å². The van der Waals surface area contributed by atoms with Crippen molar-refractivity contribution < 1.29 is 14.3 Å². The highest BCUT2D eigenvalue weighted by Crippen LogP contribution is 2.45. The van der Waals surface area contributed by atoms with Crippen LogP contribution < -0.4 is 0 Å². The molecule has 5 rings (SSSR count). The molecular formula is C28H29N3O3S. The van der Waals surface area contributed by atoms with Crippen molar-refractivity contribution in [2.45, 2.75) is 45.7 Å². The van der Waals surface area contributed by atoms with E-state index >= 15 is 0 Å². The molecule has 7 heteroatoms. The van der Waals surface area contributed by atoms with Crippen LogP contribution in [0.1, 0.15) is 48.1 Å². The molecule has 0 aliphatic carbocycles. The van der Waals surface area contributed by atoms with Gasteiger partial charge in [0.15, 0.2) is 5.17 Å². The molecule has 6 nitrogen and oxygen atoms in total. The van der Waals surface area contributed by atoms with Crippen LogP contribution in [0.5, 0.6) is 0 Å². The fraction of sp³-hybridized carbons (Fsp3) is 0.321. The van der Waals surface area contributed by atoms with Gasteiger partial charge in [-0.15, -0.1) is 0 Å². The fourth-order valence-electron chi connectivity index (χ4n) is 5.04. The summed E-state index contributed by atoms with van der Waals surface area (Å²) in [5, 5.41) is 2.80. The van der Waals surface area contributed by atoms with Gasteiger partial charge in [0, 0.05) is 18.8 Å². The molecular weight excluding hydrogens is 458 g/mol. The van der Waals surface area contributed by atoms with Crippen molar-refractivity contribution in [1.82, 2.24) is 9.80 Å². The first-order chi connectivity index (χ1) is 17.0. The fourth-order valence-corrected chi connectivity index (χ4v) is 5.98. The SMILES string of the molecule is CCC1=C(C(=O)OC)[C@@H](c2cccc(C)c2)N2C(CC(=O)N3CCc4ccccc4C3)=CSC2=N1. The minimum absolute atomic E-state index is 0.0838. The summed E-state index contributed by atoms with van der Waals surface area (Å²) in [5.74, 6) is -0.299. The largest absolute Gasteiger partial charge is 0.466 e. The second kappa shape index (κ2) is 9.74. The first-order valence-electron chi connectivity index (χ1n) is 12.0. The van der Waals surface area contributed by atoms with Gasteiger partial charge in [-0.1, -0.05) is 72.8 Å². The van der Waals surface area contributed by atoms with Crippen molar-refractivity contribution >= 4 is 28.8 Å². The highest BCUT2D eigenvalue weighted by atomic mass is 32.2. The number of benzene rings is 2. The average Bonchev–Trinajstić information content (AvgIpc) is 3.28. The van der Waals surface area contributed by atoms with Crippen LogP contribution in [0.25, 0.3) is 0 Å². The molecule has 35 heavy (non-hydrogen) atoms. The van der Waals surface area contributed by atoms with Gasteiger partial charge in [0.1, 0.15) is 0 Å². The topological polar surface area (TPSA) is 62.2 Å². The summed E-state index contributed by atoms with van der Waals surface area (Å²) in [6, 6.07) is 16.1. The molecule has 0 unspecified atom stereocenters. The Morgan fingerprint density at radius 3 is 2.69 bits per heavy atom. The van der Waals surface area contributed by atoms with E-state index in [9.17, 15) is 9.59 Å². The number of nitrogens with zero attached hydrogens (tertiary/aromatic N) is 3. The van der Waals surface area contributed by atoms with Crippen molar-refractivity contribution in [3.05, 3.63) is 93.2 Å². The predicted octanol–water partition coefficient (Wildman–Crippen LogP) is 5.11. The average molecular weight is 488 g/mol. The van der Waals surface area contributed by atoms with Crippen LogP contribution in [-0.4, -0.2) is 40.5 Å². The number of ether oxygens (including phenoxy) is 1. The summed E-state index contributed by atoms with van der Waals surface area (Å²) >= 11 is 1.51. The molecule has 0 N–H and O–H groups in total. The Hall–Kier alpha value is -3.32. The first-order valence-corrected chi connectivity index (χ1v) is 12.8. The van der Waals surface area contributed by atoms with Crippen molar-refractivity contribution in [2.24, 2.45) is 4.99 Å². The summed E-state index contributed by atoms with van der Waals surface area (Å²) in [6.45, 7) is 5.38. The number of methoxy groups -OCH3 is 1. The van der Waals surface area contributed by atoms with Crippen LogP contribution in [0.15, 0.2) is 75.9 Å². The molecule has 0 bridgehead atoms. The van der Waals surface area contributed by atoms with Gasteiger partial charge in [-0.05, 0) is 41.9 Å². The van der Waals surface area contributed by atoms with E-state index in [4.69, 9.17) is 9.73 Å². The number of aliphatic imine (C=N–C) groups is 1. The number of fused-ring (bicyclic) bond motifs is 2. The standard InChI is InChI=1S/C28H29N3O3S/c1-4-23-25(27(33)34-3)26(20-11-7-8-18(2)14-20)31-22(17-35-28(31)29-23)15-24(32)30-13-12-19-9-5-6-10-21(19)16-30/h5-11,14,17,26H,4,12-13,15-16H2,1-3H3/t26-/m1/s1. The van der Waals surface area contributed by atoms with E-state index in [1.54, 1.807) is 0 Å². The van der Waals surface area contributed by atoms with Crippen LogP contribution in [0.2, 0.25) is 0 Å². The number of hydrogen-bond donors (Lipinski definition) is 0. The highest BCUT2D eigenvalue weighted by molar-refractivity contribution is 8.16. The van der Waals surface area contributed by atoms with E-state index < -0.39 is 0 Å². The number of esters is 1. The van der Waals surface area contributed by atoms with Gasteiger partial charge in [-0.3, -0.25) is 4.79 Å². The summed E-state index contributed by atoms with van der Waals surface area (Å²) < 4.78 is 5.20. The lowest BCUT2D eigenvalue weighted by molar-refractivity contribution is -0.136. The Bertz CT molecular complexity index is 1280. The maximum Gasteiger partial charge on any atom is 0.338 e. The van der Waals surface area contributed by atoms with Gasteiger partial charge in [0.05, 0.1) is 30.8 Å². The number of rotatable bonds is 5. The number of allylic oxidation sites excluding steroid dienone is 1. The summed E-state index contributed by atoms with van der Waals surface area (Å²) in [5.41, 5.74) is 6.75. The monoisotopic (exact) mass is 487 g/mol. The third-order valence-corrected chi connectivity index (χ3v) is 7.69. The Labute approximate surface area is 210 Å². The molecule has 3 heterocycles. The smallest absolute Gasteiger partial charge is 0.338 e.